The molecule has 1 fully saturated rings. The van der Waals surface area contributed by atoms with E-state index in [1.807, 2.05) is 0 Å². The third kappa shape index (κ3) is 3.01. The van der Waals surface area contributed by atoms with Gasteiger partial charge in [0.15, 0.2) is 0 Å². The zero-order valence-corrected chi connectivity index (χ0v) is 13.6. The fourth-order valence-electron chi connectivity index (χ4n) is 2.39. The van der Waals surface area contributed by atoms with Gasteiger partial charge in [0, 0.05) is 0 Å². The normalized spacial score (nSPS) is 27.6. The Morgan fingerprint density at radius 3 is 2.14 bits per heavy atom. The molecule has 0 aromatic carbocycles. The summed E-state index contributed by atoms with van der Waals surface area (Å²) in [7, 11) is 0. The molecule has 1 saturated carbocycles. The minimum atomic E-state index is 0.544. The van der Waals surface area contributed by atoms with Crippen molar-refractivity contribution < 1.29 is 0 Å². The molecule has 1 atom stereocenters. The van der Waals surface area contributed by atoms with Crippen LogP contribution in [0.2, 0.25) is 14.9 Å². The van der Waals surface area contributed by atoms with E-state index in [1.165, 1.54) is 25.7 Å². The van der Waals surface area contributed by atoms with Crippen LogP contribution < -0.4 is 0 Å². The first-order valence-corrected chi connectivity index (χ1v) is 10.7. The summed E-state index contributed by atoms with van der Waals surface area (Å²) < 4.78 is 0.816. The van der Waals surface area contributed by atoms with E-state index in [0.717, 1.165) is 39.0 Å². The first-order chi connectivity index (χ1) is 6.43. The summed E-state index contributed by atoms with van der Waals surface area (Å²) in [5, 5.41) is 0. The molecule has 0 aromatic rings. The topological polar surface area (TPSA) is 0 Å². The van der Waals surface area contributed by atoms with E-state index in [0.29, 0.717) is 5.41 Å². The van der Waals surface area contributed by atoms with E-state index in [2.05, 4.69) is 32.4 Å². The summed E-state index contributed by atoms with van der Waals surface area (Å²) in [6, 6.07) is 0. The van der Waals surface area contributed by atoms with Crippen LogP contribution in [0.3, 0.4) is 0 Å². The fourth-order valence-corrected chi connectivity index (χ4v) is 7.56. The molecule has 0 N–H and O–H groups in total. The van der Waals surface area contributed by atoms with Crippen LogP contribution in [0.5, 0.6) is 0 Å². The first kappa shape index (κ1) is 13.1. The Morgan fingerprint density at radius 2 is 1.71 bits per heavy atom. The van der Waals surface area contributed by atoms with Gasteiger partial charge in [0.2, 0.25) is 0 Å². The second-order valence-electron chi connectivity index (χ2n) is 5.48. The molecule has 0 saturated heterocycles. The Labute approximate surface area is 102 Å². The zero-order chi connectivity index (χ0) is 10.8. The molecule has 0 amide bonds. The molecule has 0 spiro atoms. The molecule has 14 heavy (non-hydrogen) atoms. The van der Waals surface area contributed by atoms with E-state index in [1.54, 1.807) is 0 Å². The summed E-state index contributed by atoms with van der Waals surface area (Å²) in [4.78, 5) is 0. The van der Waals surface area contributed by atoms with Gasteiger partial charge in [0.25, 0.3) is 0 Å². The van der Waals surface area contributed by atoms with Crippen molar-refractivity contribution in [3.8, 4) is 0 Å². The molecule has 1 unspecified atom stereocenters. The van der Waals surface area contributed by atoms with E-state index in [9.17, 15) is 0 Å². The second-order valence-corrected chi connectivity index (χ2v) is 11.8. The van der Waals surface area contributed by atoms with Crippen LogP contribution in [0.4, 0.5) is 0 Å². The number of rotatable bonds is 2. The zero-order valence-electron chi connectivity index (χ0n) is 10.2. The molecule has 0 nitrogen and oxygen atoms in total. The van der Waals surface area contributed by atoms with Gasteiger partial charge in [-0.1, -0.05) is 0 Å². The van der Waals surface area contributed by atoms with Gasteiger partial charge >= 0.3 is 103 Å². The molecule has 84 valence electrons. The Balaban J connectivity index is 2.68. The third-order valence-corrected chi connectivity index (χ3v) is 11.9. The van der Waals surface area contributed by atoms with Crippen LogP contribution in [0.15, 0.2) is 0 Å². The molecule has 2 heteroatoms. The summed E-state index contributed by atoms with van der Waals surface area (Å²) in [6.45, 7) is 7.29. The molecule has 1 rings (SSSR count). The average molecular weight is 326 g/mol. The number of hydrogen-bond donors (Lipinski definition) is 0. The minimum absolute atomic E-state index is 0.544. The van der Waals surface area contributed by atoms with Crippen LogP contribution in [0, 0.1) is 11.3 Å². The standard InChI is InChI=1S/C12H24Se2/c1-11(2,3)10-7-6-8-12(9-10,13-4)14-5/h10H,6-9H2,1-5H3. The molecule has 0 heterocycles. The van der Waals surface area contributed by atoms with Gasteiger partial charge in [-0.05, 0) is 0 Å². The van der Waals surface area contributed by atoms with E-state index < -0.39 is 0 Å². The molecule has 0 bridgehead atoms. The van der Waals surface area contributed by atoms with Gasteiger partial charge in [-0.3, -0.25) is 0 Å². The molecule has 1 aliphatic carbocycles. The predicted molar refractivity (Wildman–Crippen MR) is 67.3 cm³/mol. The van der Waals surface area contributed by atoms with Crippen molar-refractivity contribution >= 4 is 29.9 Å². The van der Waals surface area contributed by atoms with Crippen LogP contribution in [0.25, 0.3) is 0 Å². The van der Waals surface area contributed by atoms with Crippen molar-refractivity contribution in [2.45, 2.75) is 61.3 Å². The van der Waals surface area contributed by atoms with Crippen molar-refractivity contribution in [1.29, 1.82) is 0 Å². The van der Waals surface area contributed by atoms with Gasteiger partial charge in [-0.15, -0.1) is 0 Å². The van der Waals surface area contributed by atoms with Gasteiger partial charge < -0.3 is 0 Å². The van der Waals surface area contributed by atoms with E-state index in [4.69, 9.17) is 0 Å². The fraction of sp³-hybridized carbons (Fsp3) is 1.00. The van der Waals surface area contributed by atoms with E-state index in [-0.39, 0.29) is 0 Å². The average Bonchev–Trinajstić information content (AvgIpc) is 2.16. The van der Waals surface area contributed by atoms with Crippen molar-refractivity contribution in [1.82, 2.24) is 0 Å². The van der Waals surface area contributed by atoms with Crippen LogP contribution in [-0.2, 0) is 0 Å². The maximum atomic E-state index is 2.46. The summed E-state index contributed by atoms with van der Waals surface area (Å²) >= 11 is 1.73. The van der Waals surface area contributed by atoms with Gasteiger partial charge in [-0.2, -0.15) is 0 Å². The summed E-state index contributed by atoms with van der Waals surface area (Å²) in [6.07, 6.45) is 6.04. The van der Waals surface area contributed by atoms with E-state index >= 15 is 0 Å². The SMILES string of the molecule is C[Se]C1([Se]C)CCCC(C(C)(C)C)C1. The molecule has 0 radical (unpaired) electrons. The van der Waals surface area contributed by atoms with Crippen molar-refractivity contribution in [3.63, 3.8) is 0 Å². The summed E-state index contributed by atoms with van der Waals surface area (Å²) in [5.74, 6) is 5.91. The Bertz CT molecular complexity index is 177. The first-order valence-electron chi connectivity index (χ1n) is 5.54. The Kier molecular flexibility index (Phi) is 4.60. The van der Waals surface area contributed by atoms with Gasteiger partial charge in [0.1, 0.15) is 0 Å². The van der Waals surface area contributed by atoms with Crippen LogP contribution >= 0.6 is 0 Å². The third-order valence-electron chi connectivity index (χ3n) is 3.64. The summed E-state index contributed by atoms with van der Waals surface area (Å²) in [5.41, 5.74) is 0.544. The Hall–Kier alpha value is 1.04. The maximum absolute atomic E-state index is 2.46. The molecule has 1 aliphatic rings. The van der Waals surface area contributed by atoms with Gasteiger partial charge in [0.05, 0.1) is 0 Å². The predicted octanol–water partition coefficient (Wildman–Crippen LogP) is 3.84. The molecular formula is C12H24Se2. The Morgan fingerprint density at radius 1 is 1.14 bits per heavy atom. The van der Waals surface area contributed by atoms with Crippen LogP contribution in [0.1, 0.15) is 46.5 Å². The quantitative estimate of drug-likeness (QED) is 0.676. The molecular weight excluding hydrogens is 302 g/mol. The second kappa shape index (κ2) is 4.91. The molecule has 0 aromatic heterocycles. The van der Waals surface area contributed by atoms with Crippen molar-refractivity contribution in [2.24, 2.45) is 11.3 Å². The van der Waals surface area contributed by atoms with Crippen molar-refractivity contribution in [2.75, 3.05) is 0 Å². The number of hydrogen-bond acceptors (Lipinski definition) is 0. The molecule has 0 aliphatic heterocycles. The monoisotopic (exact) mass is 328 g/mol. The van der Waals surface area contributed by atoms with Crippen LogP contribution in [-0.4, -0.2) is 29.9 Å². The van der Waals surface area contributed by atoms with Gasteiger partial charge in [-0.25, -0.2) is 0 Å². The van der Waals surface area contributed by atoms with Crippen molar-refractivity contribution in [3.05, 3.63) is 0 Å².